The SMILES string of the molecule is CS(=O)(=O)N1CCC(C(=O)NC2CCN(c3nccn4cnnc34)C2)CC1. The van der Waals surface area contributed by atoms with E-state index < -0.39 is 10.0 Å². The molecule has 2 saturated heterocycles. The van der Waals surface area contributed by atoms with Gasteiger partial charge in [-0.25, -0.2) is 17.7 Å². The number of carbonyl (C=O) groups is 1. The van der Waals surface area contributed by atoms with Crippen molar-refractivity contribution in [3.63, 3.8) is 0 Å². The predicted molar refractivity (Wildman–Crippen MR) is 98.7 cm³/mol. The van der Waals surface area contributed by atoms with E-state index in [2.05, 4.69) is 25.4 Å². The van der Waals surface area contributed by atoms with Crippen LogP contribution in [0.15, 0.2) is 18.7 Å². The van der Waals surface area contributed by atoms with Gasteiger partial charge in [-0.1, -0.05) is 0 Å². The van der Waals surface area contributed by atoms with Crippen molar-refractivity contribution in [3.05, 3.63) is 18.7 Å². The first-order valence-corrected chi connectivity index (χ1v) is 10.9. The molecular weight excluding hydrogens is 370 g/mol. The molecule has 2 aromatic heterocycles. The summed E-state index contributed by atoms with van der Waals surface area (Å²) >= 11 is 0. The fourth-order valence-corrected chi connectivity index (χ4v) is 4.68. The van der Waals surface area contributed by atoms with Gasteiger partial charge in [0.15, 0.2) is 5.82 Å². The van der Waals surface area contributed by atoms with Gasteiger partial charge in [-0.15, -0.1) is 10.2 Å². The lowest BCUT2D eigenvalue weighted by Crippen LogP contribution is -2.45. The van der Waals surface area contributed by atoms with Crippen LogP contribution in [0.5, 0.6) is 0 Å². The van der Waals surface area contributed by atoms with E-state index in [9.17, 15) is 13.2 Å². The Balaban J connectivity index is 1.34. The summed E-state index contributed by atoms with van der Waals surface area (Å²) in [6, 6.07) is 0.0513. The lowest BCUT2D eigenvalue weighted by Gasteiger charge is -2.30. The molecule has 1 atom stereocenters. The van der Waals surface area contributed by atoms with Crippen LogP contribution in [0.4, 0.5) is 5.82 Å². The molecule has 4 rings (SSSR count). The minimum absolute atomic E-state index is 0.0173. The highest BCUT2D eigenvalue weighted by Crippen LogP contribution is 2.23. The smallest absolute Gasteiger partial charge is 0.223 e. The molecule has 0 spiro atoms. The fraction of sp³-hybridized carbons (Fsp3) is 0.625. The summed E-state index contributed by atoms with van der Waals surface area (Å²) < 4.78 is 26.4. The summed E-state index contributed by atoms with van der Waals surface area (Å²) in [6.07, 6.45) is 8.34. The first-order chi connectivity index (χ1) is 12.9. The van der Waals surface area contributed by atoms with Gasteiger partial charge in [0, 0.05) is 50.5 Å². The maximum Gasteiger partial charge on any atom is 0.223 e. The molecule has 0 bridgehead atoms. The third kappa shape index (κ3) is 3.74. The van der Waals surface area contributed by atoms with Crippen LogP contribution in [0.1, 0.15) is 19.3 Å². The molecule has 2 aliphatic rings. The predicted octanol–water partition coefficient (Wildman–Crippen LogP) is -0.509. The second kappa shape index (κ2) is 7.04. The zero-order valence-corrected chi connectivity index (χ0v) is 16.0. The maximum atomic E-state index is 12.6. The van der Waals surface area contributed by atoms with E-state index in [0.29, 0.717) is 38.1 Å². The Morgan fingerprint density at radius 3 is 2.74 bits per heavy atom. The molecule has 10 nitrogen and oxygen atoms in total. The molecule has 27 heavy (non-hydrogen) atoms. The molecule has 1 amide bonds. The fourth-order valence-electron chi connectivity index (χ4n) is 3.81. The van der Waals surface area contributed by atoms with Gasteiger partial charge in [0.05, 0.1) is 6.26 Å². The lowest BCUT2D eigenvalue weighted by atomic mass is 9.97. The van der Waals surface area contributed by atoms with E-state index in [-0.39, 0.29) is 17.9 Å². The standard InChI is InChI=1S/C16H23N7O3S/c1-27(25,26)23-7-2-12(3-8-23)16(24)19-13-4-6-21(10-13)14-15-20-18-11-22(15)9-5-17-14/h5,9,11-13H,2-4,6-8,10H2,1H3,(H,19,24). The highest BCUT2D eigenvalue weighted by Gasteiger charge is 2.32. The molecule has 1 unspecified atom stereocenters. The molecule has 2 aromatic rings. The molecule has 0 radical (unpaired) electrons. The maximum absolute atomic E-state index is 12.6. The van der Waals surface area contributed by atoms with Gasteiger partial charge in [0.25, 0.3) is 0 Å². The summed E-state index contributed by atoms with van der Waals surface area (Å²) in [7, 11) is -3.17. The van der Waals surface area contributed by atoms with Gasteiger partial charge in [-0.3, -0.25) is 9.20 Å². The quantitative estimate of drug-likeness (QED) is 0.744. The monoisotopic (exact) mass is 393 g/mol. The number of hydrogen-bond donors (Lipinski definition) is 1. The number of anilines is 1. The van der Waals surface area contributed by atoms with Crippen molar-refractivity contribution in [2.24, 2.45) is 5.92 Å². The highest BCUT2D eigenvalue weighted by atomic mass is 32.2. The van der Waals surface area contributed by atoms with Crippen molar-refractivity contribution in [2.75, 3.05) is 37.3 Å². The second-order valence-electron chi connectivity index (χ2n) is 7.19. The van der Waals surface area contributed by atoms with E-state index >= 15 is 0 Å². The molecule has 4 heterocycles. The van der Waals surface area contributed by atoms with Crippen LogP contribution in [-0.2, 0) is 14.8 Å². The largest absolute Gasteiger partial charge is 0.351 e. The Hall–Kier alpha value is -2.27. The Kier molecular flexibility index (Phi) is 4.72. The first kappa shape index (κ1) is 18.1. The van der Waals surface area contributed by atoms with Crippen LogP contribution in [0.2, 0.25) is 0 Å². The normalized spacial score (nSPS) is 22.4. The van der Waals surface area contributed by atoms with E-state index in [1.54, 1.807) is 18.7 Å². The van der Waals surface area contributed by atoms with E-state index in [1.807, 2.05) is 4.40 Å². The number of rotatable bonds is 4. The number of piperidine rings is 1. The molecule has 11 heteroatoms. The molecule has 0 aliphatic carbocycles. The Morgan fingerprint density at radius 1 is 1.22 bits per heavy atom. The van der Waals surface area contributed by atoms with Crippen molar-refractivity contribution >= 4 is 27.4 Å². The third-order valence-electron chi connectivity index (χ3n) is 5.33. The van der Waals surface area contributed by atoms with Gasteiger partial charge in [0.1, 0.15) is 6.33 Å². The number of amides is 1. The number of sulfonamides is 1. The zero-order valence-electron chi connectivity index (χ0n) is 15.2. The van der Waals surface area contributed by atoms with Crippen molar-refractivity contribution in [1.29, 1.82) is 0 Å². The van der Waals surface area contributed by atoms with Crippen LogP contribution >= 0.6 is 0 Å². The molecule has 0 saturated carbocycles. The van der Waals surface area contributed by atoms with Gasteiger partial charge >= 0.3 is 0 Å². The first-order valence-electron chi connectivity index (χ1n) is 9.06. The van der Waals surface area contributed by atoms with Crippen LogP contribution in [0.3, 0.4) is 0 Å². The van der Waals surface area contributed by atoms with E-state index in [4.69, 9.17) is 0 Å². The summed E-state index contributed by atoms with van der Waals surface area (Å²) in [5, 5.41) is 11.2. The topological polar surface area (TPSA) is 113 Å². The number of nitrogens with zero attached hydrogens (tertiary/aromatic N) is 6. The lowest BCUT2D eigenvalue weighted by molar-refractivity contribution is -0.126. The van der Waals surface area contributed by atoms with Gasteiger partial charge in [-0.2, -0.15) is 0 Å². The minimum atomic E-state index is -3.17. The number of carbonyl (C=O) groups excluding carboxylic acids is 1. The Labute approximate surface area is 157 Å². The number of nitrogens with one attached hydrogen (secondary N) is 1. The second-order valence-corrected chi connectivity index (χ2v) is 9.17. The summed E-state index contributed by atoms with van der Waals surface area (Å²) in [4.78, 5) is 19.1. The summed E-state index contributed by atoms with van der Waals surface area (Å²) in [5.41, 5.74) is 0.706. The van der Waals surface area contributed by atoms with Crippen molar-refractivity contribution < 1.29 is 13.2 Å². The average Bonchev–Trinajstić information content (AvgIpc) is 3.30. The minimum Gasteiger partial charge on any atom is -0.351 e. The summed E-state index contributed by atoms with van der Waals surface area (Å²) in [5.74, 6) is 0.659. The molecule has 1 N–H and O–H groups in total. The molecule has 0 aromatic carbocycles. The van der Waals surface area contributed by atoms with Crippen molar-refractivity contribution in [1.82, 2.24) is 29.2 Å². The number of fused-ring (bicyclic) bond motifs is 1. The molecular formula is C16H23N7O3S. The number of aromatic nitrogens is 4. The molecule has 2 fully saturated rings. The van der Waals surface area contributed by atoms with Gasteiger partial charge in [0.2, 0.25) is 21.6 Å². The Morgan fingerprint density at radius 2 is 2.00 bits per heavy atom. The van der Waals surface area contributed by atoms with E-state index in [1.165, 1.54) is 10.6 Å². The van der Waals surface area contributed by atoms with Crippen LogP contribution in [-0.4, -0.2) is 76.7 Å². The van der Waals surface area contributed by atoms with E-state index in [0.717, 1.165) is 18.8 Å². The molecule has 146 valence electrons. The highest BCUT2D eigenvalue weighted by molar-refractivity contribution is 7.88. The van der Waals surface area contributed by atoms with Crippen molar-refractivity contribution in [3.8, 4) is 0 Å². The molecule has 2 aliphatic heterocycles. The van der Waals surface area contributed by atoms with Gasteiger partial charge < -0.3 is 10.2 Å². The van der Waals surface area contributed by atoms with Crippen LogP contribution in [0, 0.1) is 5.92 Å². The average molecular weight is 393 g/mol. The zero-order chi connectivity index (χ0) is 19.0. The Bertz CT molecular complexity index is 936. The van der Waals surface area contributed by atoms with Crippen LogP contribution in [0.25, 0.3) is 5.65 Å². The number of hydrogen-bond acceptors (Lipinski definition) is 7. The summed E-state index contributed by atoms with van der Waals surface area (Å²) in [6.45, 7) is 2.28. The third-order valence-corrected chi connectivity index (χ3v) is 6.63. The van der Waals surface area contributed by atoms with Crippen molar-refractivity contribution in [2.45, 2.75) is 25.3 Å². The van der Waals surface area contributed by atoms with Gasteiger partial charge in [-0.05, 0) is 19.3 Å². The van der Waals surface area contributed by atoms with Crippen LogP contribution < -0.4 is 10.2 Å².